The maximum absolute atomic E-state index is 11.9. The van der Waals surface area contributed by atoms with Crippen molar-refractivity contribution < 1.29 is 13.5 Å². The Morgan fingerprint density at radius 2 is 1.44 bits per heavy atom. The molecule has 0 heterocycles. The Morgan fingerprint density at radius 3 is 2.00 bits per heavy atom. The molecule has 0 saturated carbocycles. The average molecular weight is 219 g/mol. The molecule has 0 fully saturated rings. The molecule has 2 aromatic carbocycles. The van der Waals surface area contributed by atoms with Crippen LogP contribution in [0.15, 0.2) is 48.5 Å². The normalized spacial score (nSPS) is 10.4. The first-order valence-electron chi connectivity index (χ1n) is 4.77. The lowest BCUT2D eigenvalue weighted by Crippen LogP contribution is -2.01. The molecule has 0 spiro atoms. The van der Waals surface area contributed by atoms with Gasteiger partial charge in [-0.25, -0.2) is 0 Å². The van der Waals surface area contributed by atoms with Crippen LogP contribution in [0.5, 0.6) is 5.75 Å². The Morgan fingerprint density at radius 1 is 0.875 bits per heavy atom. The van der Waals surface area contributed by atoms with Crippen LogP contribution in [-0.4, -0.2) is 6.61 Å². The number of halogens is 2. The van der Waals surface area contributed by atoms with Crippen LogP contribution in [0.2, 0.25) is 0 Å². The van der Waals surface area contributed by atoms with E-state index in [4.69, 9.17) is 0 Å². The summed E-state index contributed by atoms with van der Waals surface area (Å²) in [6.07, 6.45) is 0. The van der Waals surface area contributed by atoms with Crippen molar-refractivity contribution in [3.63, 3.8) is 0 Å². The zero-order valence-corrected chi connectivity index (χ0v) is 8.36. The SMILES string of the molecule is FC(F)Oc1ccc(-c2cc[c]cc2)cc1. The van der Waals surface area contributed by atoms with E-state index >= 15 is 0 Å². The van der Waals surface area contributed by atoms with Crippen molar-refractivity contribution in [2.75, 3.05) is 0 Å². The highest BCUT2D eigenvalue weighted by Crippen LogP contribution is 2.22. The zero-order valence-electron chi connectivity index (χ0n) is 8.36. The van der Waals surface area contributed by atoms with E-state index in [9.17, 15) is 8.78 Å². The van der Waals surface area contributed by atoms with Crippen LogP contribution in [0.1, 0.15) is 0 Å². The summed E-state index contributed by atoms with van der Waals surface area (Å²) in [5.41, 5.74) is 1.97. The van der Waals surface area contributed by atoms with Gasteiger partial charge in [0, 0.05) is 0 Å². The molecule has 0 saturated heterocycles. The molecule has 0 aliphatic rings. The molecule has 1 nitrogen and oxygen atoms in total. The van der Waals surface area contributed by atoms with Crippen molar-refractivity contribution in [2.45, 2.75) is 6.61 Å². The Kier molecular flexibility index (Phi) is 3.15. The highest BCUT2D eigenvalue weighted by molar-refractivity contribution is 5.63. The smallest absolute Gasteiger partial charge is 0.387 e. The van der Waals surface area contributed by atoms with Gasteiger partial charge in [0.1, 0.15) is 5.75 Å². The molecular weight excluding hydrogens is 210 g/mol. The zero-order chi connectivity index (χ0) is 11.4. The maximum Gasteiger partial charge on any atom is 0.387 e. The van der Waals surface area contributed by atoms with E-state index in [2.05, 4.69) is 10.8 Å². The van der Waals surface area contributed by atoms with Crippen LogP contribution in [0, 0.1) is 6.07 Å². The largest absolute Gasteiger partial charge is 0.435 e. The number of alkyl halides is 2. The lowest BCUT2D eigenvalue weighted by Gasteiger charge is -2.05. The second-order valence-corrected chi connectivity index (χ2v) is 3.19. The molecule has 2 aromatic rings. The van der Waals surface area contributed by atoms with E-state index in [-0.39, 0.29) is 5.75 Å². The van der Waals surface area contributed by atoms with Gasteiger partial charge in [-0.05, 0) is 29.3 Å². The van der Waals surface area contributed by atoms with Crippen LogP contribution >= 0.6 is 0 Å². The van der Waals surface area contributed by atoms with Crippen LogP contribution in [0.4, 0.5) is 8.78 Å². The van der Waals surface area contributed by atoms with Gasteiger partial charge in [0.2, 0.25) is 0 Å². The summed E-state index contributed by atoms with van der Waals surface area (Å²) in [5, 5.41) is 0. The van der Waals surface area contributed by atoms with Crippen molar-refractivity contribution in [3.8, 4) is 16.9 Å². The third kappa shape index (κ3) is 2.57. The topological polar surface area (TPSA) is 9.23 Å². The first-order valence-corrected chi connectivity index (χ1v) is 4.77. The monoisotopic (exact) mass is 219 g/mol. The summed E-state index contributed by atoms with van der Waals surface area (Å²) in [5.74, 6) is 0.168. The minimum Gasteiger partial charge on any atom is -0.435 e. The molecule has 0 aliphatic heterocycles. The van der Waals surface area contributed by atoms with Crippen LogP contribution in [0.3, 0.4) is 0 Å². The predicted octanol–water partition coefficient (Wildman–Crippen LogP) is 3.76. The van der Waals surface area contributed by atoms with Gasteiger partial charge in [-0.2, -0.15) is 8.78 Å². The molecule has 0 N–H and O–H groups in total. The number of ether oxygens (including phenoxy) is 1. The molecule has 0 unspecified atom stereocenters. The first kappa shape index (κ1) is 10.6. The molecule has 0 aromatic heterocycles. The van der Waals surface area contributed by atoms with E-state index in [1.54, 1.807) is 24.3 Å². The summed E-state index contributed by atoms with van der Waals surface area (Å²) in [7, 11) is 0. The lowest BCUT2D eigenvalue weighted by atomic mass is 10.1. The van der Waals surface area contributed by atoms with Gasteiger partial charge in [0.25, 0.3) is 0 Å². The third-order valence-corrected chi connectivity index (χ3v) is 2.13. The first-order chi connectivity index (χ1) is 7.75. The molecule has 0 bridgehead atoms. The number of rotatable bonds is 3. The molecule has 2 rings (SSSR count). The highest BCUT2D eigenvalue weighted by atomic mass is 19.3. The van der Waals surface area contributed by atoms with Crippen LogP contribution in [0.25, 0.3) is 11.1 Å². The minimum absolute atomic E-state index is 0.168. The second-order valence-electron chi connectivity index (χ2n) is 3.19. The maximum atomic E-state index is 11.9. The predicted molar refractivity (Wildman–Crippen MR) is 57.3 cm³/mol. The van der Waals surface area contributed by atoms with E-state index in [0.717, 1.165) is 11.1 Å². The van der Waals surface area contributed by atoms with Crippen molar-refractivity contribution in [1.29, 1.82) is 0 Å². The quantitative estimate of drug-likeness (QED) is 0.763. The summed E-state index contributed by atoms with van der Waals surface area (Å²) in [6, 6.07) is 16.9. The van der Waals surface area contributed by atoms with Gasteiger partial charge in [-0.1, -0.05) is 36.4 Å². The fraction of sp³-hybridized carbons (Fsp3) is 0.0769. The Labute approximate surface area is 92.3 Å². The third-order valence-electron chi connectivity index (χ3n) is 2.13. The molecular formula is C13H9F2O. The molecule has 81 valence electrons. The van der Waals surface area contributed by atoms with Crippen molar-refractivity contribution in [1.82, 2.24) is 0 Å². The summed E-state index contributed by atoms with van der Waals surface area (Å²) in [6.45, 7) is -2.78. The van der Waals surface area contributed by atoms with Gasteiger partial charge in [-0.15, -0.1) is 0 Å². The van der Waals surface area contributed by atoms with E-state index in [1.165, 1.54) is 12.1 Å². The summed E-state index contributed by atoms with van der Waals surface area (Å²) in [4.78, 5) is 0. The molecule has 1 radical (unpaired) electrons. The van der Waals surface area contributed by atoms with Gasteiger partial charge < -0.3 is 4.74 Å². The molecule has 16 heavy (non-hydrogen) atoms. The minimum atomic E-state index is -2.78. The molecule has 3 heteroatoms. The Bertz CT molecular complexity index is 437. The average Bonchev–Trinajstić information content (AvgIpc) is 2.30. The van der Waals surface area contributed by atoms with Gasteiger partial charge in [0.15, 0.2) is 0 Å². The van der Waals surface area contributed by atoms with Crippen LogP contribution < -0.4 is 4.74 Å². The molecule has 0 amide bonds. The van der Waals surface area contributed by atoms with Gasteiger partial charge in [0.05, 0.1) is 0 Å². The van der Waals surface area contributed by atoms with Crippen molar-refractivity contribution in [2.24, 2.45) is 0 Å². The molecule has 0 aliphatic carbocycles. The van der Waals surface area contributed by atoms with E-state index < -0.39 is 6.61 Å². The number of hydrogen-bond acceptors (Lipinski definition) is 1. The van der Waals surface area contributed by atoms with E-state index in [1.807, 2.05) is 12.1 Å². The summed E-state index contributed by atoms with van der Waals surface area (Å²) >= 11 is 0. The van der Waals surface area contributed by atoms with E-state index in [0.29, 0.717) is 0 Å². The number of hydrogen-bond donors (Lipinski definition) is 0. The molecule has 0 atom stereocenters. The Balaban J connectivity index is 2.20. The van der Waals surface area contributed by atoms with Crippen molar-refractivity contribution in [3.05, 3.63) is 54.6 Å². The second kappa shape index (κ2) is 4.75. The van der Waals surface area contributed by atoms with Crippen molar-refractivity contribution >= 4 is 0 Å². The van der Waals surface area contributed by atoms with Crippen LogP contribution in [-0.2, 0) is 0 Å². The highest BCUT2D eigenvalue weighted by Gasteiger charge is 2.03. The van der Waals surface area contributed by atoms with Gasteiger partial charge in [-0.3, -0.25) is 0 Å². The number of benzene rings is 2. The standard InChI is InChI=1S/C13H9F2O/c14-13(15)16-12-8-6-11(7-9-12)10-4-2-1-3-5-10/h2-9,13H. The summed E-state index contributed by atoms with van der Waals surface area (Å²) < 4.78 is 28.1. The fourth-order valence-electron chi connectivity index (χ4n) is 1.41. The lowest BCUT2D eigenvalue weighted by molar-refractivity contribution is -0.0498. The Hall–Kier alpha value is -1.90. The fourth-order valence-corrected chi connectivity index (χ4v) is 1.41. The van der Waals surface area contributed by atoms with Gasteiger partial charge >= 0.3 is 6.61 Å².